The van der Waals surface area contributed by atoms with Gasteiger partial charge < -0.3 is 9.67 Å². The summed E-state index contributed by atoms with van der Waals surface area (Å²) in [4.78, 5) is 26.4. The normalized spacial score (nSPS) is 10.6. The molecule has 1 N–H and O–H groups in total. The van der Waals surface area contributed by atoms with Crippen molar-refractivity contribution >= 4 is 16.9 Å². The largest absolute Gasteiger partial charge is 0.478 e. The van der Waals surface area contributed by atoms with Gasteiger partial charge in [-0.25, -0.2) is 4.79 Å². The number of aromatic carboxylic acids is 1. The maximum Gasteiger partial charge on any atom is 0.335 e. The Labute approximate surface area is 113 Å². The van der Waals surface area contributed by atoms with Crippen LogP contribution in [0, 0.1) is 0 Å². The van der Waals surface area contributed by atoms with Crippen LogP contribution in [-0.2, 0) is 0 Å². The summed E-state index contributed by atoms with van der Waals surface area (Å²) < 4.78 is 1.75. The van der Waals surface area contributed by atoms with Crippen LogP contribution in [-0.4, -0.2) is 20.6 Å². The van der Waals surface area contributed by atoms with Crippen molar-refractivity contribution in [3.8, 4) is 5.69 Å². The summed E-state index contributed by atoms with van der Waals surface area (Å²) >= 11 is 0. The lowest BCUT2D eigenvalue weighted by Crippen LogP contribution is -2.11. The van der Waals surface area contributed by atoms with E-state index in [1.807, 2.05) is 12.1 Å². The monoisotopic (exact) mass is 266 g/mol. The zero-order valence-electron chi connectivity index (χ0n) is 10.4. The third kappa shape index (κ3) is 1.95. The van der Waals surface area contributed by atoms with Crippen molar-refractivity contribution in [2.24, 2.45) is 0 Å². The lowest BCUT2D eigenvalue weighted by atomic mass is 10.2. The highest BCUT2D eigenvalue weighted by atomic mass is 16.4. The molecular formula is C15H10N2O3. The van der Waals surface area contributed by atoms with Gasteiger partial charge in [0.25, 0.3) is 5.56 Å². The molecule has 0 amide bonds. The molecule has 2 aromatic carbocycles. The van der Waals surface area contributed by atoms with E-state index in [-0.39, 0.29) is 11.1 Å². The Kier molecular flexibility index (Phi) is 2.80. The number of aromatic nitrogens is 2. The third-order valence-electron chi connectivity index (χ3n) is 3.08. The second kappa shape index (κ2) is 4.62. The molecule has 0 saturated carbocycles. The maximum atomic E-state index is 11.7. The van der Waals surface area contributed by atoms with Gasteiger partial charge in [-0.05, 0) is 36.4 Å². The fraction of sp³-hybridized carbons (Fsp3) is 0. The predicted octanol–water partition coefficient (Wildman–Crippen LogP) is 2.08. The number of hydrogen-bond donors (Lipinski definition) is 1. The highest BCUT2D eigenvalue weighted by Gasteiger charge is 2.06. The second-order valence-electron chi connectivity index (χ2n) is 4.29. The summed E-state index contributed by atoms with van der Waals surface area (Å²) in [6.07, 6.45) is 1.44. The molecule has 3 aromatic rings. The van der Waals surface area contributed by atoms with Gasteiger partial charge in [0.2, 0.25) is 0 Å². The first-order chi connectivity index (χ1) is 9.66. The van der Waals surface area contributed by atoms with Crippen molar-refractivity contribution in [1.82, 2.24) is 9.55 Å². The summed E-state index contributed by atoms with van der Waals surface area (Å²) in [7, 11) is 0. The topological polar surface area (TPSA) is 72.2 Å². The van der Waals surface area contributed by atoms with Gasteiger partial charge in [-0.15, -0.1) is 0 Å². The summed E-state index contributed by atoms with van der Waals surface area (Å²) in [6.45, 7) is 0. The molecule has 20 heavy (non-hydrogen) atoms. The molecular weight excluding hydrogens is 256 g/mol. The fourth-order valence-corrected chi connectivity index (χ4v) is 2.08. The highest BCUT2D eigenvalue weighted by molar-refractivity contribution is 5.88. The van der Waals surface area contributed by atoms with Gasteiger partial charge in [-0.3, -0.25) is 4.79 Å². The van der Waals surface area contributed by atoms with Gasteiger partial charge in [-0.2, -0.15) is 4.98 Å². The van der Waals surface area contributed by atoms with E-state index in [4.69, 9.17) is 5.11 Å². The standard InChI is InChI=1S/C15H10N2O3/c18-14-12-3-1-2-4-13(12)17(9-16-14)11-7-5-10(6-8-11)15(19)20/h1-9H,(H,19,20). The van der Waals surface area contributed by atoms with Crippen molar-refractivity contribution < 1.29 is 9.90 Å². The first kappa shape index (κ1) is 12.1. The van der Waals surface area contributed by atoms with Gasteiger partial charge >= 0.3 is 5.97 Å². The second-order valence-corrected chi connectivity index (χ2v) is 4.29. The molecule has 1 aromatic heterocycles. The van der Waals surface area contributed by atoms with E-state index >= 15 is 0 Å². The smallest absolute Gasteiger partial charge is 0.335 e. The van der Waals surface area contributed by atoms with E-state index in [2.05, 4.69) is 4.98 Å². The summed E-state index contributed by atoms with van der Waals surface area (Å²) in [5.74, 6) is -0.973. The lowest BCUT2D eigenvalue weighted by Gasteiger charge is -2.09. The molecule has 0 radical (unpaired) electrons. The van der Waals surface area contributed by atoms with E-state index < -0.39 is 5.97 Å². The summed E-state index contributed by atoms with van der Waals surface area (Å²) in [5, 5.41) is 9.42. The quantitative estimate of drug-likeness (QED) is 0.770. The Bertz CT molecular complexity index is 851. The first-order valence-electron chi connectivity index (χ1n) is 5.97. The Morgan fingerprint density at radius 3 is 2.45 bits per heavy atom. The molecule has 0 bridgehead atoms. The maximum absolute atomic E-state index is 11.7. The molecule has 98 valence electrons. The molecule has 0 atom stereocenters. The number of fused-ring (bicyclic) bond motifs is 1. The number of rotatable bonds is 2. The Hall–Kier alpha value is -2.95. The molecule has 3 rings (SSSR count). The van der Waals surface area contributed by atoms with Crippen molar-refractivity contribution in [2.45, 2.75) is 0 Å². The number of carboxylic acid groups (broad SMARTS) is 1. The third-order valence-corrected chi connectivity index (χ3v) is 3.08. The molecule has 0 unspecified atom stereocenters. The zero-order valence-corrected chi connectivity index (χ0v) is 10.4. The molecule has 0 spiro atoms. The van der Waals surface area contributed by atoms with Gasteiger partial charge in [0, 0.05) is 5.69 Å². The van der Waals surface area contributed by atoms with Gasteiger partial charge in [0.05, 0.1) is 16.5 Å². The van der Waals surface area contributed by atoms with Crippen molar-refractivity contribution in [3.63, 3.8) is 0 Å². The summed E-state index contributed by atoms with van der Waals surface area (Å²) in [6, 6.07) is 13.6. The molecule has 0 aliphatic carbocycles. The lowest BCUT2D eigenvalue weighted by molar-refractivity contribution is 0.0697. The number of hydrogen-bond acceptors (Lipinski definition) is 3. The minimum absolute atomic E-state index is 0.215. The molecule has 0 aliphatic heterocycles. The minimum Gasteiger partial charge on any atom is -0.478 e. The predicted molar refractivity (Wildman–Crippen MR) is 74.3 cm³/mol. The molecule has 0 aliphatic rings. The van der Waals surface area contributed by atoms with E-state index in [1.54, 1.807) is 28.8 Å². The van der Waals surface area contributed by atoms with Crippen LogP contribution >= 0.6 is 0 Å². The van der Waals surface area contributed by atoms with Crippen LogP contribution in [0.25, 0.3) is 16.6 Å². The van der Waals surface area contributed by atoms with Crippen molar-refractivity contribution in [3.05, 3.63) is 70.8 Å². The minimum atomic E-state index is -0.973. The number of carboxylic acids is 1. The van der Waals surface area contributed by atoms with Gasteiger partial charge in [0.1, 0.15) is 6.33 Å². The summed E-state index contributed by atoms with van der Waals surface area (Å²) in [5.41, 5.74) is 1.42. The fourth-order valence-electron chi connectivity index (χ4n) is 2.08. The van der Waals surface area contributed by atoms with Crippen LogP contribution < -0.4 is 5.56 Å². The van der Waals surface area contributed by atoms with E-state index in [0.717, 1.165) is 11.2 Å². The molecule has 5 heteroatoms. The molecule has 1 heterocycles. The van der Waals surface area contributed by atoms with Crippen LogP contribution in [0.4, 0.5) is 0 Å². The van der Waals surface area contributed by atoms with Gasteiger partial charge in [-0.1, -0.05) is 12.1 Å². The van der Waals surface area contributed by atoms with Crippen LogP contribution in [0.5, 0.6) is 0 Å². The molecule has 0 fully saturated rings. The van der Waals surface area contributed by atoms with Crippen LogP contribution in [0.2, 0.25) is 0 Å². The van der Waals surface area contributed by atoms with Crippen LogP contribution in [0.3, 0.4) is 0 Å². The van der Waals surface area contributed by atoms with Crippen molar-refractivity contribution in [2.75, 3.05) is 0 Å². The van der Waals surface area contributed by atoms with Crippen LogP contribution in [0.15, 0.2) is 59.7 Å². The molecule has 0 saturated heterocycles. The van der Waals surface area contributed by atoms with E-state index in [0.29, 0.717) is 5.39 Å². The Morgan fingerprint density at radius 1 is 1.05 bits per heavy atom. The van der Waals surface area contributed by atoms with Crippen molar-refractivity contribution in [1.29, 1.82) is 0 Å². The number of benzene rings is 2. The Morgan fingerprint density at radius 2 is 1.75 bits per heavy atom. The number of para-hydroxylation sites is 1. The first-order valence-corrected chi connectivity index (χ1v) is 5.97. The van der Waals surface area contributed by atoms with E-state index in [9.17, 15) is 9.59 Å². The Balaban J connectivity index is 2.22. The highest BCUT2D eigenvalue weighted by Crippen LogP contribution is 2.15. The number of carbonyl (C=O) groups is 1. The molecule has 5 nitrogen and oxygen atoms in total. The van der Waals surface area contributed by atoms with Crippen LogP contribution in [0.1, 0.15) is 10.4 Å². The van der Waals surface area contributed by atoms with E-state index in [1.165, 1.54) is 18.5 Å². The average Bonchev–Trinajstić information content (AvgIpc) is 2.48. The zero-order chi connectivity index (χ0) is 14.1. The average molecular weight is 266 g/mol. The number of nitrogens with zero attached hydrogens (tertiary/aromatic N) is 2. The van der Waals surface area contributed by atoms with Gasteiger partial charge in [0.15, 0.2) is 0 Å². The SMILES string of the molecule is O=C(O)c1ccc(-n2cnc(=O)c3ccccc32)cc1.